The van der Waals surface area contributed by atoms with Crippen LogP contribution in [0.3, 0.4) is 0 Å². The van der Waals surface area contributed by atoms with Gasteiger partial charge < -0.3 is 4.57 Å². The lowest BCUT2D eigenvalue weighted by atomic mass is 9.98. The molecule has 0 bridgehead atoms. The molecule has 0 unspecified atom stereocenters. The third-order valence-corrected chi connectivity index (χ3v) is 11.8. The number of hydrogen-bond acceptors (Lipinski definition) is 4. The van der Waals surface area contributed by atoms with E-state index >= 15 is 0 Å². The molecule has 62 heavy (non-hydrogen) atoms. The fourth-order valence-corrected chi connectivity index (χ4v) is 8.92. The van der Waals surface area contributed by atoms with Gasteiger partial charge in [-0.3, -0.25) is 4.57 Å². The molecular weight excluding hydrogens is 757 g/mol. The molecule has 6 nitrogen and oxygen atoms in total. The first kappa shape index (κ1) is 35.5. The summed E-state index contributed by atoms with van der Waals surface area (Å²) >= 11 is 0. The molecule has 0 aliphatic heterocycles. The number of para-hydroxylation sites is 3. The first-order valence-corrected chi connectivity index (χ1v) is 20.8. The number of fused-ring (bicyclic) bond motifs is 6. The van der Waals surface area contributed by atoms with Gasteiger partial charge in [0.05, 0.1) is 39.1 Å². The number of benzene rings is 8. The van der Waals surface area contributed by atoms with Crippen LogP contribution in [0.1, 0.15) is 0 Å². The van der Waals surface area contributed by atoms with Gasteiger partial charge in [-0.1, -0.05) is 176 Å². The smallest absolute Gasteiger partial charge is 0.238 e. The topological polar surface area (TPSA) is 61.4 Å². The summed E-state index contributed by atoms with van der Waals surface area (Å²) < 4.78 is 4.64. The minimum absolute atomic E-state index is 0.568. The van der Waals surface area contributed by atoms with Gasteiger partial charge in [-0.05, 0) is 48.0 Å². The van der Waals surface area contributed by atoms with Gasteiger partial charge in [-0.15, -0.1) is 0 Å². The molecule has 0 spiro atoms. The van der Waals surface area contributed by atoms with E-state index in [1.165, 1.54) is 0 Å². The number of aromatic nitrogens is 6. The number of rotatable bonds is 7. The third kappa shape index (κ3) is 5.96. The van der Waals surface area contributed by atoms with Crippen LogP contribution >= 0.6 is 0 Å². The Balaban J connectivity index is 1.12. The summed E-state index contributed by atoms with van der Waals surface area (Å²) in [5.41, 5.74) is 13.4. The first-order chi connectivity index (χ1) is 30.7. The van der Waals surface area contributed by atoms with Crippen molar-refractivity contribution in [2.45, 2.75) is 0 Å². The lowest BCUT2D eigenvalue weighted by Crippen LogP contribution is -2.06. The van der Waals surface area contributed by atoms with Gasteiger partial charge in [0.1, 0.15) is 0 Å². The molecule has 0 amide bonds. The van der Waals surface area contributed by atoms with Crippen LogP contribution in [-0.2, 0) is 0 Å². The van der Waals surface area contributed by atoms with Crippen LogP contribution < -0.4 is 0 Å². The van der Waals surface area contributed by atoms with Crippen molar-refractivity contribution in [1.82, 2.24) is 29.1 Å². The summed E-state index contributed by atoms with van der Waals surface area (Å²) in [7, 11) is 0. The van der Waals surface area contributed by atoms with Gasteiger partial charge in [-0.25, -0.2) is 9.97 Å². The highest BCUT2D eigenvalue weighted by molar-refractivity contribution is 6.19. The normalized spacial score (nSPS) is 11.5. The highest BCUT2D eigenvalue weighted by Crippen LogP contribution is 2.42. The minimum Gasteiger partial charge on any atom is -0.309 e. The van der Waals surface area contributed by atoms with Crippen LogP contribution in [0, 0.1) is 0 Å². The van der Waals surface area contributed by atoms with Crippen molar-refractivity contribution in [1.29, 1.82) is 0 Å². The molecular formula is C56H36N6. The molecule has 0 aliphatic carbocycles. The molecule has 12 aromatic rings. The molecule has 12 rings (SSSR count). The zero-order chi connectivity index (χ0) is 41.0. The van der Waals surface area contributed by atoms with Crippen LogP contribution in [0.5, 0.6) is 0 Å². The summed E-state index contributed by atoms with van der Waals surface area (Å²) in [5, 5.41) is 4.52. The predicted octanol–water partition coefficient (Wildman–Crippen LogP) is 13.8. The van der Waals surface area contributed by atoms with Crippen LogP contribution in [0.2, 0.25) is 0 Å². The summed E-state index contributed by atoms with van der Waals surface area (Å²) in [5.74, 6) is 1.81. The molecule has 0 fully saturated rings. The summed E-state index contributed by atoms with van der Waals surface area (Å²) in [6.07, 6.45) is 0. The van der Waals surface area contributed by atoms with E-state index in [1.54, 1.807) is 0 Å². The second-order valence-corrected chi connectivity index (χ2v) is 15.5. The van der Waals surface area contributed by atoms with E-state index < -0.39 is 0 Å². The second-order valence-electron chi connectivity index (χ2n) is 15.5. The van der Waals surface area contributed by atoms with Crippen molar-refractivity contribution in [3.8, 4) is 68.1 Å². The minimum atomic E-state index is 0.568. The Hall–Kier alpha value is -8.48. The van der Waals surface area contributed by atoms with Gasteiger partial charge in [0.25, 0.3) is 0 Å². The maximum absolute atomic E-state index is 5.20. The lowest BCUT2D eigenvalue weighted by Gasteiger charge is -2.16. The standard InChI is InChI=1S/C56H36N6/c1-5-19-37(20-6-1)47-33-41(34-48(57-47)38-21-7-2-8-22-38)42-27-13-16-30-49(42)61-50-31-17-14-28-43(50)45-36-53-46(35-52(45)61)44-29-15-18-32-51(44)62(53)56-59-54(39-23-9-3-10-24-39)58-55(60-56)40-25-11-4-12-26-40/h1-36H. The van der Waals surface area contributed by atoms with Gasteiger partial charge in [0.2, 0.25) is 5.95 Å². The van der Waals surface area contributed by atoms with Crippen molar-refractivity contribution in [2.24, 2.45) is 0 Å². The Kier molecular flexibility index (Phi) is 8.38. The first-order valence-electron chi connectivity index (χ1n) is 20.8. The van der Waals surface area contributed by atoms with E-state index in [9.17, 15) is 0 Å². The molecule has 0 saturated heterocycles. The van der Waals surface area contributed by atoms with E-state index in [1.807, 2.05) is 72.8 Å². The Bertz CT molecular complexity index is 3500. The summed E-state index contributed by atoms with van der Waals surface area (Å²) in [4.78, 5) is 20.6. The van der Waals surface area contributed by atoms with Crippen molar-refractivity contribution in [2.75, 3.05) is 0 Å². The molecule has 0 atom stereocenters. The molecule has 4 aromatic heterocycles. The van der Waals surface area contributed by atoms with E-state index in [-0.39, 0.29) is 0 Å². The largest absolute Gasteiger partial charge is 0.309 e. The average Bonchev–Trinajstić information content (AvgIpc) is 3.86. The van der Waals surface area contributed by atoms with E-state index in [0.717, 1.165) is 94.1 Å². The number of hydrogen-bond donors (Lipinski definition) is 0. The molecule has 0 N–H and O–H groups in total. The third-order valence-electron chi connectivity index (χ3n) is 11.8. The molecule has 290 valence electrons. The SMILES string of the molecule is c1ccc(-c2cc(-c3ccccc3-n3c4ccccc4c4cc5c(cc43)c3ccccc3n5-c3nc(-c4ccccc4)nc(-c4ccccc4)n3)cc(-c3ccccc3)n2)cc1. The van der Waals surface area contributed by atoms with Crippen molar-refractivity contribution < 1.29 is 0 Å². The Morgan fingerprint density at radius 1 is 0.274 bits per heavy atom. The predicted molar refractivity (Wildman–Crippen MR) is 253 cm³/mol. The maximum atomic E-state index is 5.20. The highest BCUT2D eigenvalue weighted by atomic mass is 15.2. The van der Waals surface area contributed by atoms with Crippen molar-refractivity contribution in [3.63, 3.8) is 0 Å². The van der Waals surface area contributed by atoms with Gasteiger partial charge in [-0.2, -0.15) is 9.97 Å². The summed E-state index contributed by atoms with van der Waals surface area (Å²) in [6, 6.07) is 76.3. The zero-order valence-electron chi connectivity index (χ0n) is 33.5. The van der Waals surface area contributed by atoms with Crippen LogP contribution in [0.15, 0.2) is 218 Å². The monoisotopic (exact) mass is 792 g/mol. The lowest BCUT2D eigenvalue weighted by molar-refractivity contribution is 0.954. The molecule has 4 heterocycles. The molecule has 0 radical (unpaired) electrons. The van der Waals surface area contributed by atoms with Crippen LogP contribution in [-0.4, -0.2) is 29.1 Å². The van der Waals surface area contributed by atoms with E-state index in [2.05, 4.69) is 155 Å². The average molecular weight is 793 g/mol. The zero-order valence-corrected chi connectivity index (χ0v) is 33.5. The van der Waals surface area contributed by atoms with E-state index in [4.69, 9.17) is 19.9 Å². The molecule has 0 aliphatic rings. The number of pyridine rings is 1. The highest BCUT2D eigenvalue weighted by Gasteiger charge is 2.22. The van der Waals surface area contributed by atoms with Crippen LogP contribution in [0.4, 0.5) is 0 Å². The van der Waals surface area contributed by atoms with Gasteiger partial charge >= 0.3 is 0 Å². The fraction of sp³-hybridized carbons (Fsp3) is 0. The van der Waals surface area contributed by atoms with Gasteiger partial charge in [0.15, 0.2) is 11.6 Å². The van der Waals surface area contributed by atoms with E-state index in [0.29, 0.717) is 17.6 Å². The molecule has 6 heteroatoms. The van der Waals surface area contributed by atoms with Crippen LogP contribution in [0.25, 0.3) is 112 Å². The molecule has 8 aromatic carbocycles. The maximum Gasteiger partial charge on any atom is 0.238 e. The van der Waals surface area contributed by atoms with Crippen molar-refractivity contribution in [3.05, 3.63) is 218 Å². The quantitative estimate of drug-likeness (QED) is 0.161. The second kappa shape index (κ2) is 14.7. The number of nitrogens with zero attached hydrogens (tertiary/aromatic N) is 6. The Labute approximate surface area is 357 Å². The Morgan fingerprint density at radius 3 is 1.23 bits per heavy atom. The van der Waals surface area contributed by atoms with Crippen molar-refractivity contribution >= 4 is 43.6 Å². The fourth-order valence-electron chi connectivity index (χ4n) is 8.92. The molecule has 0 saturated carbocycles. The summed E-state index contributed by atoms with van der Waals surface area (Å²) in [6.45, 7) is 0. The Morgan fingerprint density at radius 2 is 0.694 bits per heavy atom. The van der Waals surface area contributed by atoms with Gasteiger partial charge in [0, 0.05) is 49.4 Å².